The zero-order valence-electron chi connectivity index (χ0n) is 9.60. The third kappa shape index (κ3) is 2.50. The van der Waals surface area contributed by atoms with E-state index in [0.29, 0.717) is 24.3 Å². The van der Waals surface area contributed by atoms with Crippen LogP contribution in [-0.4, -0.2) is 37.4 Å². The van der Waals surface area contributed by atoms with Crippen molar-refractivity contribution in [3.63, 3.8) is 0 Å². The molecule has 0 spiro atoms. The van der Waals surface area contributed by atoms with Crippen LogP contribution in [0.3, 0.4) is 0 Å². The maximum absolute atomic E-state index is 11.3. The number of esters is 1. The molecular weight excluding hydrogens is 222 g/mol. The van der Waals surface area contributed by atoms with E-state index in [9.17, 15) is 4.79 Å². The molecule has 2 N–H and O–H groups in total. The predicted octanol–water partition coefficient (Wildman–Crippen LogP) is 1.03. The van der Waals surface area contributed by atoms with Gasteiger partial charge in [0.1, 0.15) is 12.4 Å². The van der Waals surface area contributed by atoms with Crippen LogP contribution >= 0.6 is 0 Å². The standard InChI is InChI=1S/C12H15NO4/c1-16-12(15)8-2-3-10-11(6-8)17-7-9(13-10)4-5-14/h2-3,6,9,13-14H,4-5,7H2,1H3. The number of rotatable bonds is 3. The molecule has 5 heteroatoms. The smallest absolute Gasteiger partial charge is 0.337 e. The summed E-state index contributed by atoms with van der Waals surface area (Å²) in [5.41, 5.74) is 1.30. The number of aliphatic hydroxyl groups is 1. The minimum atomic E-state index is -0.381. The van der Waals surface area contributed by atoms with Crippen LogP contribution in [-0.2, 0) is 4.74 Å². The second-order valence-corrected chi connectivity index (χ2v) is 3.87. The molecule has 92 valence electrons. The molecule has 5 nitrogen and oxygen atoms in total. The fourth-order valence-electron chi connectivity index (χ4n) is 1.77. The summed E-state index contributed by atoms with van der Waals surface area (Å²) in [5.74, 6) is 0.260. The molecule has 1 aromatic carbocycles. The van der Waals surface area contributed by atoms with E-state index in [1.807, 2.05) is 0 Å². The average molecular weight is 237 g/mol. The highest BCUT2D eigenvalue weighted by atomic mass is 16.5. The molecular formula is C12H15NO4. The van der Waals surface area contributed by atoms with Gasteiger partial charge in [0.2, 0.25) is 0 Å². The Morgan fingerprint density at radius 3 is 3.18 bits per heavy atom. The van der Waals surface area contributed by atoms with E-state index in [-0.39, 0.29) is 18.6 Å². The molecule has 1 heterocycles. The van der Waals surface area contributed by atoms with E-state index in [2.05, 4.69) is 10.1 Å². The number of anilines is 1. The molecule has 0 aliphatic carbocycles. The largest absolute Gasteiger partial charge is 0.489 e. The van der Waals surface area contributed by atoms with Gasteiger partial charge >= 0.3 is 5.97 Å². The Hall–Kier alpha value is -1.75. The lowest BCUT2D eigenvalue weighted by molar-refractivity contribution is 0.0600. The van der Waals surface area contributed by atoms with Gasteiger partial charge in [-0.1, -0.05) is 0 Å². The first-order chi connectivity index (χ1) is 8.24. The summed E-state index contributed by atoms with van der Waals surface area (Å²) in [6.45, 7) is 0.606. The van der Waals surface area contributed by atoms with Crippen molar-refractivity contribution < 1.29 is 19.4 Å². The summed E-state index contributed by atoms with van der Waals surface area (Å²) in [6.07, 6.45) is 0.637. The van der Waals surface area contributed by atoms with Gasteiger partial charge in [0, 0.05) is 6.61 Å². The Bertz CT molecular complexity index is 419. The molecule has 1 unspecified atom stereocenters. The minimum Gasteiger partial charge on any atom is -0.489 e. The van der Waals surface area contributed by atoms with Crippen LogP contribution in [0.1, 0.15) is 16.8 Å². The van der Waals surface area contributed by atoms with Gasteiger partial charge in [0.15, 0.2) is 0 Å². The van der Waals surface area contributed by atoms with Crippen LogP contribution in [0.15, 0.2) is 18.2 Å². The minimum absolute atomic E-state index is 0.108. The quantitative estimate of drug-likeness (QED) is 0.768. The van der Waals surface area contributed by atoms with Gasteiger partial charge in [-0.05, 0) is 24.6 Å². The van der Waals surface area contributed by atoms with Crippen LogP contribution in [0.2, 0.25) is 0 Å². The lowest BCUT2D eigenvalue weighted by Crippen LogP contribution is -2.32. The summed E-state index contributed by atoms with van der Waals surface area (Å²) in [5, 5.41) is 12.1. The van der Waals surface area contributed by atoms with Crippen molar-refractivity contribution >= 4 is 11.7 Å². The van der Waals surface area contributed by atoms with E-state index in [1.54, 1.807) is 18.2 Å². The Morgan fingerprint density at radius 2 is 2.47 bits per heavy atom. The van der Waals surface area contributed by atoms with Crippen LogP contribution in [0.5, 0.6) is 5.75 Å². The monoisotopic (exact) mass is 237 g/mol. The SMILES string of the molecule is COC(=O)c1ccc2c(c1)OCC(CCO)N2. The molecule has 0 amide bonds. The van der Waals surface area contributed by atoms with Crippen molar-refractivity contribution in [3.8, 4) is 5.75 Å². The molecule has 0 fully saturated rings. The summed E-state index contributed by atoms with van der Waals surface area (Å²) >= 11 is 0. The first-order valence-electron chi connectivity index (χ1n) is 5.47. The van der Waals surface area contributed by atoms with Crippen molar-refractivity contribution in [1.29, 1.82) is 0 Å². The van der Waals surface area contributed by atoms with Crippen LogP contribution in [0.25, 0.3) is 0 Å². The number of nitrogens with one attached hydrogen (secondary N) is 1. The Labute approximate surface area is 99.3 Å². The molecule has 1 atom stereocenters. The second kappa shape index (κ2) is 5.05. The fraction of sp³-hybridized carbons (Fsp3) is 0.417. The average Bonchev–Trinajstić information content (AvgIpc) is 2.37. The van der Waals surface area contributed by atoms with Crippen molar-refractivity contribution in [3.05, 3.63) is 23.8 Å². The van der Waals surface area contributed by atoms with E-state index in [4.69, 9.17) is 9.84 Å². The molecule has 0 radical (unpaired) electrons. The highest BCUT2D eigenvalue weighted by molar-refractivity contribution is 5.90. The summed E-state index contributed by atoms with van der Waals surface area (Å²) in [6, 6.07) is 5.23. The predicted molar refractivity (Wildman–Crippen MR) is 62.4 cm³/mol. The summed E-state index contributed by atoms with van der Waals surface area (Å²) in [7, 11) is 1.35. The lowest BCUT2D eigenvalue weighted by atomic mass is 10.1. The highest BCUT2D eigenvalue weighted by Gasteiger charge is 2.19. The molecule has 0 saturated heterocycles. The van der Waals surface area contributed by atoms with Gasteiger partial charge in [-0.2, -0.15) is 0 Å². The van der Waals surface area contributed by atoms with Crippen molar-refractivity contribution in [2.24, 2.45) is 0 Å². The number of hydrogen-bond acceptors (Lipinski definition) is 5. The number of ether oxygens (including phenoxy) is 2. The number of benzene rings is 1. The van der Waals surface area contributed by atoms with Crippen LogP contribution < -0.4 is 10.1 Å². The molecule has 1 aliphatic rings. The third-order valence-corrected chi connectivity index (χ3v) is 2.68. The summed E-state index contributed by atoms with van der Waals surface area (Å²) in [4.78, 5) is 11.3. The van der Waals surface area contributed by atoms with Crippen molar-refractivity contribution in [2.45, 2.75) is 12.5 Å². The van der Waals surface area contributed by atoms with Gasteiger partial charge in [-0.25, -0.2) is 4.79 Å². The zero-order valence-corrected chi connectivity index (χ0v) is 9.60. The van der Waals surface area contributed by atoms with Crippen molar-refractivity contribution in [1.82, 2.24) is 0 Å². The van der Waals surface area contributed by atoms with Gasteiger partial charge < -0.3 is 19.9 Å². The number of aliphatic hydroxyl groups excluding tert-OH is 1. The molecule has 2 rings (SSSR count). The number of carbonyl (C=O) groups excluding carboxylic acids is 1. The lowest BCUT2D eigenvalue weighted by Gasteiger charge is -2.27. The maximum Gasteiger partial charge on any atom is 0.337 e. The number of methoxy groups -OCH3 is 1. The Kier molecular flexibility index (Phi) is 3.49. The van der Waals surface area contributed by atoms with E-state index < -0.39 is 0 Å². The van der Waals surface area contributed by atoms with Gasteiger partial charge in [-0.15, -0.1) is 0 Å². The molecule has 1 aromatic rings. The number of hydrogen-bond donors (Lipinski definition) is 2. The molecule has 1 aliphatic heterocycles. The van der Waals surface area contributed by atoms with Crippen LogP contribution in [0, 0.1) is 0 Å². The molecule has 0 saturated carbocycles. The molecule has 0 bridgehead atoms. The summed E-state index contributed by atoms with van der Waals surface area (Å²) < 4.78 is 10.2. The zero-order chi connectivity index (χ0) is 12.3. The Morgan fingerprint density at radius 1 is 1.65 bits per heavy atom. The first-order valence-corrected chi connectivity index (χ1v) is 5.47. The van der Waals surface area contributed by atoms with Gasteiger partial charge in [0.25, 0.3) is 0 Å². The van der Waals surface area contributed by atoms with Crippen molar-refractivity contribution in [2.75, 3.05) is 25.6 Å². The Balaban J connectivity index is 2.16. The second-order valence-electron chi connectivity index (χ2n) is 3.87. The fourth-order valence-corrected chi connectivity index (χ4v) is 1.77. The van der Waals surface area contributed by atoms with E-state index >= 15 is 0 Å². The normalized spacial score (nSPS) is 17.6. The third-order valence-electron chi connectivity index (χ3n) is 2.68. The van der Waals surface area contributed by atoms with E-state index in [1.165, 1.54) is 7.11 Å². The molecule has 17 heavy (non-hydrogen) atoms. The first kappa shape index (κ1) is 11.7. The highest BCUT2D eigenvalue weighted by Crippen LogP contribution is 2.30. The maximum atomic E-state index is 11.3. The van der Waals surface area contributed by atoms with Gasteiger partial charge in [0.05, 0.1) is 24.4 Å². The number of fused-ring (bicyclic) bond motifs is 1. The van der Waals surface area contributed by atoms with E-state index in [0.717, 1.165) is 5.69 Å². The molecule has 0 aromatic heterocycles. The number of carbonyl (C=O) groups is 1. The van der Waals surface area contributed by atoms with Gasteiger partial charge in [-0.3, -0.25) is 0 Å². The van der Waals surface area contributed by atoms with Crippen LogP contribution in [0.4, 0.5) is 5.69 Å². The topological polar surface area (TPSA) is 67.8 Å².